The average Bonchev–Trinajstić information content (AvgIpc) is 2.16. The Balaban J connectivity index is -0.000000309. The highest BCUT2D eigenvalue weighted by Gasteiger charge is 1.99. The molecule has 13 heavy (non-hydrogen) atoms. The van der Waals surface area contributed by atoms with Crippen LogP contribution in [0.25, 0.3) is 0 Å². The zero-order chi connectivity index (χ0) is 9.98. The molecule has 0 fully saturated rings. The fourth-order valence-electron chi connectivity index (χ4n) is 0.705. The van der Waals surface area contributed by atoms with Gasteiger partial charge in [-0.25, -0.2) is 0 Å². The molecule has 0 unspecified atom stereocenters. The van der Waals surface area contributed by atoms with Gasteiger partial charge in [-0.1, -0.05) is 27.2 Å². The molecule has 0 saturated heterocycles. The summed E-state index contributed by atoms with van der Waals surface area (Å²) in [5.74, 6) is 5.14. The van der Waals surface area contributed by atoms with Crippen molar-refractivity contribution < 1.29 is 0 Å². The molecule has 0 aromatic rings. The summed E-state index contributed by atoms with van der Waals surface area (Å²) in [5.41, 5.74) is 1.84. The highest BCUT2D eigenvalue weighted by molar-refractivity contribution is 14.0. The molecule has 0 bridgehead atoms. The van der Waals surface area contributed by atoms with E-state index in [0.717, 1.165) is 24.3 Å². The highest BCUT2D eigenvalue weighted by Crippen LogP contribution is 1.93. The molecule has 0 aliphatic carbocycles. The van der Waals surface area contributed by atoms with Crippen LogP contribution in [0.5, 0.6) is 0 Å². The Hall–Kier alpha value is -0.130. The van der Waals surface area contributed by atoms with Gasteiger partial charge in [0, 0.05) is 7.05 Å². The van der Waals surface area contributed by atoms with E-state index in [0.29, 0.717) is 0 Å². The van der Waals surface area contributed by atoms with Crippen LogP contribution in [0, 0.1) is 0 Å². The molecule has 0 aromatic heterocycles. The molecule has 80 valence electrons. The summed E-state index contributed by atoms with van der Waals surface area (Å²) in [6.45, 7) is 8.01. The third-order valence-corrected chi connectivity index (χ3v) is 1.40. The molecule has 0 rings (SSSR count). The van der Waals surface area contributed by atoms with Gasteiger partial charge in [-0.15, -0.1) is 24.0 Å². The van der Waals surface area contributed by atoms with Gasteiger partial charge in [0.25, 0.3) is 0 Å². The lowest BCUT2D eigenvalue weighted by Crippen LogP contribution is -2.12. The molecular formula is C9H22IN3. The minimum Gasteiger partial charge on any atom is -0.323 e. The predicted molar refractivity (Wildman–Crippen MR) is 72.3 cm³/mol. The van der Waals surface area contributed by atoms with Crippen LogP contribution in [0.2, 0.25) is 0 Å². The zero-order valence-corrected chi connectivity index (χ0v) is 11.6. The van der Waals surface area contributed by atoms with E-state index in [2.05, 4.69) is 17.0 Å². The molecule has 0 radical (unpaired) electrons. The van der Waals surface area contributed by atoms with Crippen molar-refractivity contribution in [3.05, 3.63) is 0 Å². The third-order valence-electron chi connectivity index (χ3n) is 1.40. The van der Waals surface area contributed by atoms with Gasteiger partial charge >= 0.3 is 0 Å². The molecule has 0 spiro atoms. The standard InChI is InChI=1S/C7H15N3.C2H6.HI/c1-4-5-7(10-8)6(2)9-3;1-2;/h4-5,8H2,1-3H3;1-2H3;1H/b9-6?,10-7-;;. The Kier molecular flexibility index (Phi) is 20.6. The largest absolute Gasteiger partial charge is 0.323 e. The number of hydrogen-bond donors (Lipinski definition) is 1. The maximum atomic E-state index is 5.14. The van der Waals surface area contributed by atoms with Crippen molar-refractivity contribution in [3.63, 3.8) is 0 Å². The summed E-state index contributed by atoms with van der Waals surface area (Å²) >= 11 is 0. The van der Waals surface area contributed by atoms with Gasteiger partial charge in [-0.05, 0) is 13.3 Å². The van der Waals surface area contributed by atoms with E-state index in [1.165, 1.54) is 0 Å². The monoisotopic (exact) mass is 299 g/mol. The molecule has 2 N–H and O–H groups in total. The van der Waals surface area contributed by atoms with Crippen molar-refractivity contribution >= 4 is 35.4 Å². The second-order valence-corrected chi connectivity index (χ2v) is 2.13. The molecule has 0 aliphatic rings. The molecule has 3 nitrogen and oxygen atoms in total. The fraction of sp³-hybridized carbons (Fsp3) is 0.778. The predicted octanol–water partition coefficient (Wildman–Crippen LogP) is 2.84. The first kappa shape index (κ1) is 18.6. The van der Waals surface area contributed by atoms with Crippen molar-refractivity contribution in [2.24, 2.45) is 15.9 Å². The van der Waals surface area contributed by atoms with Crippen LogP contribution in [-0.2, 0) is 0 Å². The Morgan fingerprint density at radius 1 is 1.31 bits per heavy atom. The van der Waals surface area contributed by atoms with Crippen LogP contribution in [0.4, 0.5) is 0 Å². The van der Waals surface area contributed by atoms with Gasteiger partial charge in [-0.3, -0.25) is 4.99 Å². The Morgan fingerprint density at radius 2 is 1.77 bits per heavy atom. The van der Waals surface area contributed by atoms with Crippen molar-refractivity contribution in [2.75, 3.05) is 7.05 Å². The molecule has 0 amide bonds. The van der Waals surface area contributed by atoms with Crippen LogP contribution < -0.4 is 5.84 Å². The van der Waals surface area contributed by atoms with Crippen LogP contribution in [0.1, 0.15) is 40.5 Å². The molecule has 0 aromatic carbocycles. The minimum atomic E-state index is 0. The molecule has 0 atom stereocenters. The van der Waals surface area contributed by atoms with Gasteiger partial charge < -0.3 is 5.84 Å². The highest BCUT2D eigenvalue weighted by atomic mass is 127. The van der Waals surface area contributed by atoms with E-state index in [9.17, 15) is 0 Å². The normalized spacial score (nSPS) is 11.2. The summed E-state index contributed by atoms with van der Waals surface area (Å²) in [6.07, 6.45) is 1.97. The summed E-state index contributed by atoms with van der Waals surface area (Å²) in [4.78, 5) is 3.98. The van der Waals surface area contributed by atoms with Crippen molar-refractivity contribution in [3.8, 4) is 0 Å². The van der Waals surface area contributed by atoms with E-state index in [1.807, 2.05) is 20.8 Å². The maximum Gasteiger partial charge on any atom is 0.0807 e. The summed E-state index contributed by atoms with van der Waals surface area (Å²) in [5, 5.41) is 3.63. The number of halogens is 1. The van der Waals surface area contributed by atoms with Gasteiger partial charge in [-0.2, -0.15) is 5.10 Å². The van der Waals surface area contributed by atoms with Gasteiger partial charge in [0.1, 0.15) is 0 Å². The first-order valence-electron chi connectivity index (χ1n) is 4.46. The minimum absolute atomic E-state index is 0. The number of nitrogens with zero attached hydrogens (tertiary/aromatic N) is 2. The van der Waals surface area contributed by atoms with Crippen LogP contribution in [0.15, 0.2) is 10.1 Å². The summed E-state index contributed by atoms with van der Waals surface area (Å²) in [6, 6.07) is 0. The molecule has 0 aliphatic heterocycles. The van der Waals surface area contributed by atoms with Crippen molar-refractivity contribution in [2.45, 2.75) is 40.5 Å². The van der Waals surface area contributed by atoms with Gasteiger partial charge in [0.2, 0.25) is 0 Å². The van der Waals surface area contributed by atoms with Gasteiger partial charge in [0.15, 0.2) is 0 Å². The number of hydrogen-bond acceptors (Lipinski definition) is 3. The zero-order valence-electron chi connectivity index (χ0n) is 9.29. The van der Waals surface area contributed by atoms with Crippen LogP contribution >= 0.6 is 24.0 Å². The quantitative estimate of drug-likeness (QED) is 0.370. The van der Waals surface area contributed by atoms with E-state index in [4.69, 9.17) is 5.84 Å². The Labute approximate surface area is 98.9 Å². The summed E-state index contributed by atoms with van der Waals surface area (Å²) in [7, 11) is 1.75. The fourth-order valence-corrected chi connectivity index (χ4v) is 0.705. The lowest BCUT2D eigenvalue weighted by Gasteiger charge is -1.99. The van der Waals surface area contributed by atoms with E-state index in [-0.39, 0.29) is 24.0 Å². The first-order chi connectivity index (χ1) is 5.76. The second kappa shape index (κ2) is 14.4. The second-order valence-electron chi connectivity index (χ2n) is 2.13. The molecular weight excluding hydrogens is 277 g/mol. The summed E-state index contributed by atoms with van der Waals surface area (Å²) < 4.78 is 0. The third kappa shape index (κ3) is 9.79. The number of aliphatic imine (C=N–C) groups is 1. The maximum absolute atomic E-state index is 5.14. The molecule has 0 saturated carbocycles. The lowest BCUT2D eigenvalue weighted by molar-refractivity contribution is 0.989. The SMILES string of the molecule is CC.CCC/C(=N/N)C(C)=NC.I. The van der Waals surface area contributed by atoms with Gasteiger partial charge in [0.05, 0.1) is 11.4 Å². The smallest absolute Gasteiger partial charge is 0.0807 e. The Morgan fingerprint density at radius 3 is 2.00 bits per heavy atom. The number of hydrazone groups is 1. The Bertz CT molecular complexity index is 153. The first-order valence-corrected chi connectivity index (χ1v) is 4.46. The number of rotatable bonds is 3. The lowest BCUT2D eigenvalue weighted by atomic mass is 10.1. The van der Waals surface area contributed by atoms with Crippen LogP contribution in [-0.4, -0.2) is 18.5 Å². The van der Waals surface area contributed by atoms with Crippen molar-refractivity contribution in [1.29, 1.82) is 0 Å². The van der Waals surface area contributed by atoms with E-state index in [1.54, 1.807) is 7.05 Å². The molecule has 0 heterocycles. The molecule has 4 heteroatoms. The van der Waals surface area contributed by atoms with E-state index < -0.39 is 0 Å². The van der Waals surface area contributed by atoms with Crippen LogP contribution in [0.3, 0.4) is 0 Å². The van der Waals surface area contributed by atoms with Crippen molar-refractivity contribution in [1.82, 2.24) is 0 Å². The number of nitrogens with two attached hydrogens (primary N) is 1. The van der Waals surface area contributed by atoms with E-state index >= 15 is 0 Å². The average molecular weight is 299 g/mol. The topological polar surface area (TPSA) is 50.7 Å².